The molecule has 3 aromatic rings. The third-order valence-electron chi connectivity index (χ3n) is 4.34. The van der Waals surface area contributed by atoms with Crippen molar-refractivity contribution in [1.82, 2.24) is 19.2 Å². The Hall–Kier alpha value is -2.78. The number of aliphatic hydroxyl groups is 2. The maximum Gasteiger partial charge on any atom is 0.343 e. The predicted molar refractivity (Wildman–Crippen MR) is 88.6 cm³/mol. The van der Waals surface area contributed by atoms with Gasteiger partial charge in [-0.2, -0.15) is 5.10 Å². The molecule has 0 aliphatic rings. The SMILES string of the molecule is COC(=O)c1c(C)nn2c1ncc1c(=O)n(C(C)(CO)CO)ccc12. The number of nitrogens with zero attached hydrogens (tertiary/aromatic N) is 4. The molecule has 0 aliphatic carbocycles. The van der Waals surface area contributed by atoms with Gasteiger partial charge in [0.2, 0.25) is 0 Å². The summed E-state index contributed by atoms with van der Waals surface area (Å²) in [5.41, 5.74) is -0.137. The smallest absolute Gasteiger partial charge is 0.343 e. The van der Waals surface area contributed by atoms with Crippen LogP contribution < -0.4 is 5.56 Å². The summed E-state index contributed by atoms with van der Waals surface area (Å²) in [7, 11) is 1.27. The molecule has 2 N–H and O–H groups in total. The number of carbonyl (C=O) groups excluding carboxylic acids is 1. The Labute approximate surface area is 142 Å². The van der Waals surface area contributed by atoms with Crippen molar-refractivity contribution < 1.29 is 19.7 Å². The maximum absolute atomic E-state index is 12.8. The van der Waals surface area contributed by atoms with Gasteiger partial charge < -0.3 is 19.5 Å². The van der Waals surface area contributed by atoms with Gasteiger partial charge in [-0.1, -0.05) is 0 Å². The van der Waals surface area contributed by atoms with Crippen LogP contribution in [0.4, 0.5) is 0 Å². The molecule has 0 fully saturated rings. The predicted octanol–water partition coefficient (Wildman–Crippen LogP) is -0.161. The number of aryl methyl sites for hydroxylation is 1. The second kappa shape index (κ2) is 5.94. The number of pyridine rings is 1. The normalized spacial score (nSPS) is 12.0. The first-order chi connectivity index (χ1) is 11.9. The topological polar surface area (TPSA) is 119 Å². The van der Waals surface area contributed by atoms with Crippen LogP contribution in [0.1, 0.15) is 23.0 Å². The van der Waals surface area contributed by atoms with E-state index in [-0.39, 0.29) is 10.9 Å². The number of rotatable bonds is 4. The zero-order valence-corrected chi connectivity index (χ0v) is 14.1. The van der Waals surface area contributed by atoms with Gasteiger partial charge in [-0.3, -0.25) is 4.79 Å². The lowest BCUT2D eigenvalue weighted by atomic mass is 10.0. The van der Waals surface area contributed by atoms with Crippen molar-refractivity contribution in [3.8, 4) is 0 Å². The first kappa shape index (κ1) is 17.1. The zero-order valence-electron chi connectivity index (χ0n) is 14.1. The minimum absolute atomic E-state index is 0.240. The maximum atomic E-state index is 12.8. The van der Waals surface area contributed by atoms with Crippen LogP contribution in [-0.2, 0) is 10.3 Å². The van der Waals surface area contributed by atoms with Gasteiger partial charge in [0.15, 0.2) is 5.65 Å². The van der Waals surface area contributed by atoms with E-state index in [0.717, 1.165) is 0 Å². The van der Waals surface area contributed by atoms with E-state index in [1.54, 1.807) is 19.9 Å². The van der Waals surface area contributed by atoms with Crippen LogP contribution in [0.5, 0.6) is 0 Å². The van der Waals surface area contributed by atoms with E-state index in [9.17, 15) is 19.8 Å². The molecule has 0 spiro atoms. The van der Waals surface area contributed by atoms with Crippen LogP contribution in [0.25, 0.3) is 16.6 Å². The van der Waals surface area contributed by atoms with Crippen molar-refractivity contribution >= 4 is 22.5 Å². The quantitative estimate of drug-likeness (QED) is 0.630. The monoisotopic (exact) mass is 346 g/mol. The number of aromatic nitrogens is 4. The molecule has 0 aliphatic heterocycles. The third kappa shape index (κ3) is 2.39. The molecular weight excluding hydrogens is 328 g/mol. The van der Waals surface area contributed by atoms with Gasteiger partial charge in [0.1, 0.15) is 5.56 Å². The fourth-order valence-corrected chi connectivity index (χ4v) is 2.74. The van der Waals surface area contributed by atoms with E-state index in [2.05, 4.69) is 10.1 Å². The number of ether oxygens (including phenoxy) is 1. The molecule has 0 amide bonds. The zero-order chi connectivity index (χ0) is 18.4. The van der Waals surface area contributed by atoms with Crippen LogP contribution in [0.15, 0.2) is 23.3 Å². The summed E-state index contributed by atoms with van der Waals surface area (Å²) >= 11 is 0. The number of esters is 1. The van der Waals surface area contributed by atoms with Gasteiger partial charge in [-0.05, 0) is 19.9 Å². The molecule has 25 heavy (non-hydrogen) atoms. The lowest BCUT2D eigenvalue weighted by Gasteiger charge is -2.27. The van der Waals surface area contributed by atoms with Crippen LogP contribution in [0.3, 0.4) is 0 Å². The highest BCUT2D eigenvalue weighted by molar-refractivity contribution is 5.98. The van der Waals surface area contributed by atoms with Crippen molar-refractivity contribution in [3.63, 3.8) is 0 Å². The van der Waals surface area contributed by atoms with E-state index < -0.39 is 30.3 Å². The van der Waals surface area contributed by atoms with Gasteiger partial charge >= 0.3 is 5.97 Å². The van der Waals surface area contributed by atoms with Crippen LogP contribution in [0, 0.1) is 6.92 Å². The summed E-state index contributed by atoms with van der Waals surface area (Å²) in [4.78, 5) is 28.9. The number of fused-ring (bicyclic) bond motifs is 3. The molecule has 132 valence electrons. The second-order valence-corrected chi connectivity index (χ2v) is 6.05. The Morgan fingerprint density at radius 2 is 2.04 bits per heavy atom. The Morgan fingerprint density at radius 3 is 2.64 bits per heavy atom. The third-order valence-corrected chi connectivity index (χ3v) is 4.34. The molecule has 0 saturated carbocycles. The summed E-state index contributed by atoms with van der Waals surface area (Å²) in [5.74, 6) is -0.555. The highest BCUT2D eigenvalue weighted by Crippen LogP contribution is 2.20. The minimum Gasteiger partial charge on any atom is -0.465 e. The summed E-state index contributed by atoms with van der Waals surface area (Å²) < 4.78 is 7.44. The fraction of sp³-hybridized carbons (Fsp3) is 0.375. The van der Waals surface area contributed by atoms with Gasteiger partial charge in [0.05, 0.1) is 42.5 Å². The standard InChI is InChI=1S/C16H18N4O5/c1-9-12(15(24)25-3)13-17-6-10-11(20(13)18-9)4-5-19(14(10)23)16(2,7-21)8-22/h4-6,21-22H,7-8H2,1-3H3. The molecule has 9 nitrogen and oxygen atoms in total. The highest BCUT2D eigenvalue weighted by atomic mass is 16.5. The molecular formula is C16H18N4O5. The lowest BCUT2D eigenvalue weighted by molar-refractivity contribution is 0.0602. The van der Waals surface area contributed by atoms with Gasteiger partial charge in [0.25, 0.3) is 5.56 Å². The van der Waals surface area contributed by atoms with Crippen molar-refractivity contribution in [3.05, 3.63) is 40.1 Å². The Bertz CT molecular complexity index is 1030. The summed E-state index contributed by atoms with van der Waals surface area (Å²) in [6.45, 7) is 2.41. The van der Waals surface area contributed by atoms with Crippen LogP contribution in [-0.4, -0.2) is 55.7 Å². The van der Waals surface area contributed by atoms with Crippen molar-refractivity contribution in [2.24, 2.45) is 0 Å². The Morgan fingerprint density at radius 1 is 1.36 bits per heavy atom. The number of hydrogen-bond donors (Lipinski definition) is 2. The van der Waals surface area contributed by atoms with E-state index in [1.165, 1.54) is 28.6 Å². The van der Waals surface area contributed by atoms with Crippen LogP contribution in [0.2, 0.25) is 0 Å². The first-order valence-electron chi connectivity index (χ1n) is 7.58. The molecule has 0 radical (unpaired) electrons. The molecule has 0 aromatic carbocycles. The fourth-order valence-electron chi connectivity index (χ4n) is 2.74. The molecule has 3 rings (SSSR count). The highest BCUT2D eigenvalue weighted by Gasteiger charge is 2.27. The van der Waals surface area contributed by atoms with Gasteiger partial charge in [-0.25, -0.2) is 14.3 Å². The average Bonchev–Trinajstić information content (AvgIpc) is 2.97. The van der Waals surface area contributed by atoms with Gasteiger partial charge in [-0.15, -0.1) is 0 Å². The molecule has 0 unspecified atom stereocenters. The molecule has 0 saturated heterocycles. The lowest BCUT2D eigenvalue weighted by Crippen LogP contribution is -2.44. The van der Waals surface area contributed by atoms with E-state index >= 15 is 0 Å². The summed E-state index contributed by atoms with van der Waals surface area (Å²) in [6.07, 6.45) is 2.83. The van der Waals surface area contributed by atoms with Crippen molar-refractivity contribution in [1.29, 1.82) is 0 Å². The van der Waals surface area contributed by atoms with Crippen molar-refractivity contribution in [2.45, 2.75) is 19.4 Å². The Kier molecular flexibility index (Phi) is 4.05. The Balaban J connectivity index is 2.35. The molecule has 9 heteroatoms. The molecule has 0 bridgehead atoms. The first-order valence-corrected chi connectivity index (χ1v) is 7.58. The number of methoxy groups -OCH3 is 1. The summed E-state index contributed by atoms with van der Waals surface area (Å²) in [6, 6.07) is 1.63. The molecule has 3 heterocycles. The minimum atomic E-state index is -1.14. The summed E-state index contributed by atoms with van der Waals surface area (Å²) in [5, 5.41) is 23.6. The van der Waals surface area contributed by atoms with E-state index in [0.29, 0.717) is 16.9 Å². The number of aliphatic hydroxyl groups excluding tert-OH is 2. The number of carbonyl (C=O) groups is 1. The largest absolute Gasteiger partial charge is 0.465 e. The molecule has 3 aromatic heterocycles. The molecule has 0 atom stereocenters. The van der Waals surface area contributed by atoms with Crippen LogP contribution >= 0.6 is 0 Å². The van der Waals surface area contributed by atoms with Crippen molar-refractivity contribution in [2.75, 3.05) is 20.3 Å². The second-order valence-electron chi connectivity index (χ2n) is 6.05. The van der Waals surface area contributed by atoms with Gasteiger partial charge in [0, 0.05) is 12.4 Å². The average molecular weight is 346 g/mol. The van der Waals surface area contributed by atoms with E-state index in [4.69, 9.17) is 4.74 Å². The number of hydrogen-bond acceptors (Lipinski definition) is 7. The van der Waals surface area contributed by atoms with E-state index in [1.807, 2.05) is 0 Å².